The number of benzene rings is 1. The topological polar surface area (TPSA) is 75.6 Å². The molecule has 5 nitrogen and oxygen atoms in total. The van der Waals surface area contributed by atoms with Crippen LogP contribution < -0.4 is 10.1 Å². The predicted octanol–water partition coefficient (Wildman–Crippen LogP) is 2.26. The van der Waals surface area contributed by atoms with Crippen LogP contribution in [0.2, 0.25) is 0 Å². The van der Waals surface area contributed by atoms with E-state index < -0.39 is 12.1 Å². The lowest BCUT2D eigenvalue weighted by Crippen LogP contribution is -2.37. The molecule has 0 aliphatic rings. The maximum absolute atomic E-state index is 12.0. The summed E-state index contributed by atoms with van der Waals surface area (Å²) in [4.78, 5) is 23.4. The predicted molar refractivity (Wildman–Crippen MR) is 69.7 cm³/mol. The molecule has 6 heteroatoms. The molecule has 0 aromatic heterocycles. The van der Waals surface area contributed by atoms with Crippen molar-refractivity contribution in [3.63, 3.8) is 0 Å². The summed E-state index contributed by atoms with van der Waals surface area (Å²) in [6, 6.07) is 4.28. The van der Waals surface area contributed by atoms with E-state index in [0.29, 0.717) is 11.3 Å². The van der Waals surface area contributed by atoms with Gasteiger partial charge in [0.2, 0.25) is 0 Å². The van der Waals surface area contributed by atoms with E-state index in [9.17, 15) is 9.59 Å². The number of methoxy groups -OCH3 is 1. The van der Waals surface area contributed by atoms with Gasteiger partial charge in [-0.1, -0.05) is 0 Å². The van der Waals surface area contributed by atoms with Gasteiger partial charge in [-0.25, -0.2) is 4.79 Å². The first-order chi connectivity index (χ1) is 8.49. The summed E-state index contributed by atoms with van der Waals surface area (Å²) < 4.78 is 5.18. The van der Waals surface area contributed by atoms with E-state index in [4.69, 9.17) is 9.84 Å². The minimum absolute atomic E-state index is 0.289. The Balaban J connectivity index is 2.96. The molecule has 0 aliphatic carbocycles. The number of hydrogen-bond acceptors (Lipinski definition) is 4. The van der Waals surface area contributed by atoms with Crippen LogP contribution in [0.25, 0.3) is 0 Å². The quantitative estimate of drug-likeness (QED) is 0.633. The van der Waals surface area contributed by atoms with Gasteiger partial charge in [0.15, 0.2) is 5.78 Å². The number of ether oxygens (including phenoxy) is 1. The molecule has 0 saturated carbocycles. The number of rotatable bonds is 5. The van der Waals surface area contributed by atoms with Crippen molar-refractivity contribution in [2.75, 3.05) is 13.4 Å². The van der Waals surface area contributed by atoms with Gasteiger partial charge in [-0.15, -0.1) is 11.8 Å². The molecule has 0 saturated heterocycles. The van der Waals surface area contributed by atoms with Crippen LogP contribution in [-0.2, 0) is 0 Å². The van der Waals surface area contributed by atoms with E-state index in [0.717, 1.165) is 4.90 Å². The molecule has 1 amide bonds. The zero-order chi connectivity index (χ0) is 13.7. The Morgan fingerprint density at radius 2 is 2.11 bits per heavy atom. The van der Waals surface area contributed by atoms with E-state index in [1.54, 1.807) is 18.2 Å². The van der Waals surface area contributed by atoms with Crippen LogP contribution in [0.15, 0.2) is 23.1 Å². The van der Waals surface area contributed by atoms with Gasteiger partial charge in [-0.3, -0.25) is 4.79 Å². The summed E-state index contributed by atoms with van der Waals surface area (Å²) in [5, 5.41) is 10.7. The first-order valence-corrected chi connectivity index (χ1v) is 6.47. The molecule has 1 unspecified atom stereocenters. The van der Waals surface area contributed by atoms with E-state index in [-0.39, 0.29) is 5.78 Å². The average Bonchev–Trinajstić information content (AvgIpc) is 2.36. The van der Waals surface area contributed by atoms with Gasteiger partial charge in [0.1, 0.15) is 5.75 Å². The van der Waals surface area contributed by atoms with Crippen molar-refractivity contribution < 1.29 is 19.4 Å². The Morgan fingerprint density at radius 1 is 1.44 bits per heavy atom. The fourth-order valence-corrected chi connectivity index (χ4v) is 2.04. The fraction of sp³-hybridized carbons (Fsp3) is 0.333. The number of amides is 1. The van der Waals surface area contributed by atoms with E-state index in [2.05, 4.69) is 5.32 Å². The molecule has 0 fully saturated rings. The summed E-state index contributed by atoms with van der Waals surface area (Å²) >= 11 is 1.51. The molecule has 0 radical (unpaired) electrons. The number of nitrogens with one attached hydrogen (secondary N) is 1. The second-order valence-electron chi connectivity index (χ2n) is 3.61. The van der Waals surface area contributed by atoms with Gasteiger partial charge in [0, 0.05) is 10.5 Å². The number of carbonyl (C=O) groups excluding carboxylic acids is 1. The largest absolute Gasteiger partial charge is 0.496 e. The molecule has 0 bridgehead atoms. The van der Waals surface area contributed by atoms with Crippen molar-refractivity contribution in [1.82, 2.24) is 5.32 Å². The van der Waals surface area contributed by atoms with E-state index in [1.807, 2.05) is 6.26 Å². The molecule has 98 valence electrons. The fourth-order valence-electron chi connectivity index (χ4n) is 1.49. The summed E-state index contributed by atoms with van der Waals surface area (Å²) in [5.41, 5.74) is 0.422. The maximum Gasteiger partial charge on any atom is 0.405 e. The molecule has 1 atom stereocenters. The van der Waals surface area contributed by atoms with Crippen LogP contribution in [0, 0.1) is 0 Å². The highest BCUT2D eigenvalue weighted by atomic mass is 32.2. The highest BCUT2D eigenvalue weighted by Crippen LogP contribution is 2.28. The lowest BCUT2D eigenvalue weighted by atomic mass is 10.1. The summed E-state index contributed by atoms with van der Waals surface area (Å²) in [5.74, 6) is 0.319. The van der Waals surface area contributed by atoms with E-state index in [1.165, 1.54) is 25.8 Å². The minimum atomic E-state index is -1.22. The molecular weight excluding hydrogens is 254 g/mol. The van der Waals surface area contributed by atoms with Crippen molar-refractivity contribution in [2.45, 2.75) is 17.9 Å². The standard InChI is InChI=1S/C12H15NO4S/c1-7(13-12(15)16)11(14)8-4-5-10(18-3)9(6-8)17-2/h4-7,13H,1-3H3,(H,15,16). The van der Waals surface area contributed by atoms with Gasteiger partial charge in [0.05, 0.1) is 13.2 Å². The number of thioether (sulfide) groups is 1. The molecule has 1 aromatic carbocycles. The Hall–Kier alpha value is -1.69. The maximum atomic E-state index is 12.0. The summed E-state index contributed by atoms with van der Waals surface area (Å²) in [6.07, 6.45) is 0.692. The molecular formula is C12H15NO4S. The lowest BCUT2D eigenvalue weighted by molar-refractivity contribution is 0.0945. The van der Waals surface area contributed by atoms with Crippen molar-refractivity contribution in [3.05, 3.63) is 23.8 Å². The SMILES string of the molecule is COc1cc(C(=O)C(C)NC(=O)O)ccc1SC. The third-order valence-corrected chi connectivity index (χ3v) is 3.18. The zero-order valence-corrected chi connectivity index (χ0v) is 11.2. The summed E-state index contributed by atoms with van der Waals surface area (Å²) in [7, 11) is 1.53. The first-order valence-electron chi connectivity index (χ1n) is 5.25. The van der Waals surface area contributed by atoms with Gasteiger partial charge >= 0.3 is 6.09 Å². The lowest BCUT2D eigenvalue weighted by Gasteiger charge is -2.12. The van der Waals surface area contributed by atoms with Crippen molar-refractivity contribution in [1.29, 1.82) is 0 Å². The molecule has 2 N–H and O–H groups in total. The monoisotopic (exact) mass is 269 g/mol. The first kappa shape index (κ1) is 14.4. The molecule has 1 aromatic rings. The van der Waals surface area contributed by atoms with Crippen molar-refractivity contribution in [3.8, 4) is 5.75 Å². The number of ketones is 1. The Bertz CT molecular complexity index is 461. The van der Waals surface area contributed by atoms with Crippen LogP contribution in [0.3, 0.4) is 0 Å². The van der Waals surface area contributed by atoms with Crippen molar-refractivity contribution in [2.24, 2.45) is 0 Å². The second-order valence-corrected chi connectivity index (χ2v) is 4.45. The smallest absolute Gasteiger partial charge is 0.405 e. The average molecular weight is 269 g/mol. The number of Topliss-reactive ketones (excluding diaryl/α,β-unsaturated/α-hetero) is 1. The molecule has 0 heterocycles. The molecule has 18 heavy (non-hydrogen) atoms. The zero-order valence-electron chi connectivity index (χ0n) is 10.4. The third kappa shape index (κ3) is 3.40. The van der Waals surface area contributed by atoms with Crippen LogP contribution in [-0.4, -0.2) is 36.4 Å². The minimum Gasteiger partial charge on any atom is -0.496 e. The third-order valence-electron chi connectivity index (χ3n) is 2.40. The van der Waals surface area contributed by atoms with Gasteiger partial charge in [0.25, 0.3) is 0 Å². The molecule has 0 aliphatic heterocycles. The number of carbonyl (C=O) groups is 2. The van der Waals surface area contributed by atoms with Crippen LogP contribution in [0.1, 0.15) is 17.3 Å². The van der Waals surface area contributed by atoms with E-state index >= 15 is 0 Å². The molecule has 0 spiro atoms. The highest BCUT2D eigenvalue weighted by Gasteiger charge is 2.18. The number of carboxylic acid groups (broad SMARTS) is 1. The Labute approximate surface area is 110 Å². The normalized spacial score (nSPS) is 11.7. The van der Waals surface area contributed by atoms with Gasteiger partial charge < -0.3 is 15.2 Å². The summed E-state index contributed by atoms with van der Waals surface area (Å²) in [6.45, 7) is 1.51. The van der Waals surface area contributed by atoms with Crippen LogP contribution in [0.5, 0.6) is 5.75 Å². The highest BCUT2D eigenvalue weighted by molar-refractivity contribution is 7.98. The second kappa shape index (κ2) is 6.30. The van der Waals surface area contributed by atoms with Crippen LogP contribution >= 0.6 is 11.8 Å². The van der Waals surface area contributed by atoms with Gasteiger partial charge in [-0.2, -0.15) is 0 Å². The van der Waals surface area contributed by atoms with Crippen LogP contribution in [0.4, 0.5) is 4.79 Å². The Morgan fingerprint density at radius 3 is 2.61 bits per heavy atom. The van der Waals surface area contributed by atoms with Crippen molar-refractivity contribution >= 4 is 23.6 Å². The molecule has 1 rings (SSSR count). The Kier molecular flexibility index (Phi) is 5.03. The van der Waals surface area contributed by atoms with Gasteiger partial charge in [-0.05, 0) is 31.4 Å². The number of hydrogen-bond donors (Lipinski definition) is 2.